The molecule has 0 saturated carbocycles. The van der Waals surface area contributed by atoms with Crippen LogP contribution in [0.15, 0.2) is 36.4 Å². The van der Waals surface area contributed by atoms with E-state index >= 15 is 0 Å². The topological polar surface area (TPSA) is 92.3 Å². The predicted molar refractivity (Wildman–Crippen MR) is 97.8 cm³/mol. The standard InChI is InChI=1S/C18H21F3N2O4S/c1-12(17(25)22-10-13-7-8-28(26,27)11-13)23-16(24)9-15(18(19,20)21)14-5-3-2-4-6-14/h2-6,9,12-13H,7-8,10-11H2,1H3,(H,22,25)(H,23,24)/b15-9-. The number of hydrogen-bond donors (Lipinski definition) is 2. The largest absolute Gasteiger partial charge is 0.417 e. The quantitative estimate of drug-likeness (QED) is 0.688. The molecule has 1 aromatic rings. The number of amides is 2. The van der Waals surface area contributed by atoms with Crippen molar-refractivity contribution in [2.75, 3.05) is 18.1 Å². The van der Waals surface area contributed by atoms with Crippen molar-refractivity contribution in [1.29, 1.82) is 0 Å². The summed E-state index contributed by atoms with van der Waals surface area (Å²) in [5, 5.41) is 4.72. The van der Waals surface area contributed by atoms with Crippen LogP contribution in [0.1, 0.15) is 18.9 Å². The summed E-state index contributed by atoms with van der Waals surface area (Å²) in [6.45, 7) is 1.47. The second kappa shape index (κ2) is 8.76. The number of halogens is 3. The second-order valence-electron chi connectivity index (χ2n) is 6.67. The third kappa shape index (κ3) is 6.36. The van der Waals surface area contributed by atoms with Crippen LogP contribution in [0.3, 0.4) is 0 Å². The Morgan fingerprint density at radius 3 is 2.43 bits per heavy atom. The molecule has 2 N–H and O–H groups in total. The molecule has 1 aliphatic heterocycles. The van der Waals surface area contributed by atoms with Gasteiger partial charge in [0.2, 0.25) is 11.8 Å². The molecule has 2 rings (SSSR count). The Bertz CT molecular complexity index is 851. The smallest absolute Gasteiger partial charge is 0.354 e. The van der Waals surface area contributed by atoms with E-state index in [9.17, 15) is 31.2 Å². The van der Waals surface area contributed by atoms with Crippen LogP contribution in [0.25, 0.3) is 5.57 Å². The van der Waals surface area contributed by atoms with Gasteiger partial charge in [-0.1, -0.05) is 30.3 Å². The molecule has 2 atom stereocenters. The molecule has 1 saturated heterocycles. The van der Waals surface area contributed by atoms with Crippen LogP contribution < -0.4 is 10.6 Å². The molecule has 1 heterocycles. The monoisotopic (exact) mass is 418 g/mol. The van der Waals surface area contributed by atoms with Crippen LogP contribution in [0, 0.1) is 5.92 Å². The van der Waals surface area contributed by atoms with Crippen molar-refractivity contribution in [2.24, 2.45) is 5.92 Å². The van der Waals surface area contributed by atoms with Gasteiger partial charge in [0.15, 0.2) is 9.84 Å². The molecule has 1 aromatic carbocycles. The first-order valence-corrected chi connectivity index (χ1v) is 10.4. The van der Waals surface area contributed by atoms with Gasteiger partial charge in [0, 0.05) is 12.6 Å². The molecule has 1 fully saturated rings. The number of nitrogens with one attached hydrogen (secondary N) is 2. The van der Waals surface area contributed by atoms with Gasteiger partial charge in [0.05, 0.1) is 17.1 Å². The first-order valence-electron chi connectivity index (χ1n) is 8.61. The zero-order valence-electron chi connectivity index (χ0n) is 15.1. The third-order valence-electron chi connectivity index (χ3n) is 4.31. The molecular weight excluding hydrogens is 397 g/mol. The molecule has 6 nitrogen and oxygen atoms in total. The van der Waals surface area contributed by atoms with Gasteiger partial charge in [0.25, 0.3) is 0 Å². The lowest BCUT2D eigenvalue weighted by atomic mass is 10.0. The van der Waals surface area contributed by atoms with Gasteiger partial charge >= 0.3 is 6.18 Å². The fourth-order valence-electron chi connectivity index (χ4n) is 2.83. The molecule has 0 radical (unpaired) electrons. The van der Waals surface area contributed by atoms with Crippen molar-refractivity contribution in [3.05, 3.63) is 42.0 Å². The lowest BCUT2D eigenvalue weighted by Gasteiger charge is -2.16. The van der Waals surface area contributed by atoms with E-state index in [0.29, 0.717) is 12.5 Å². The molecule has 154 valence electrons. The average Bonchev–Trinajstić information content (AvgIpc) is 2.96. The second-order valence-corrected chi connectivity index (χ2v) is 8.90. The van der Waals surface area contributed by atoms with Gasteiger partial charge in [-0.05, 0) is 24.8 Å². The van der Waals surface area contributed by atoms with Crippen LogP contribution >= 0.6 is 0 Å². The Hall–Kier alpha value is -2.36. The highest BCUT2D eigenvalue weighted by Gasteiger charge is 2.35. The van der Waals surface area contributed by atoms with Crippen molar-refractivity contribution in [1.82, 2.24) is 10.6 Å². The van der Waals surface area contributed by atoms with Crippen LogP contribution in [0.5, 0.6) is 0 Å². The van der Waals surface area contributed by atoms with Crippen molar-refractivity contribution in [2.45, 2.75) is 25.6 Å². The minimum atomic E-state index is -4.74. The summed E-state index contributed by atoms with van der Waals surface area (Å²) in [6, 6.07) is 5.79. The summed E-state index contributed by atoms with van der Waals surface area (Å²) in [5.74, 6) is -1.79. The van der Waals surface area contributed by atoms with Gasteiger partial charge in [0.1, 0.15) is 6.04 Å². The van der Waals surface area contributed by atoms with Crippen LogP contribution in [-0.2, 0) is 19.4 Å². The van der Waals surface area contributed by atoms with E-state index in [2.05, 4.69) is 10.6 Å². The highest BCUT2D eigenvalue weighted by Crippen LogP contribution is 2.33. The van der Waals surface area contributed by atoms with Gasteiger partial charge in [-0.15, -0.1) is 0 Å². The number of benzene rings is 1. The first-order chi connectivity index (χ1) is 13.0. The van der Waals surface area contributed by atoms with Crippen LogP contribution in [-0.4, -0.2) is 50.5 Å². The Balaban J connectivity index is 1.96. The van der Waals surface area contributed by atoms with E-state index in [-0.39, 0.29) is 29.5 Å². The zero-order chi connectivity index (χ0) is 20.9. The molecule has 2 amide bonds. The maximum absolute atomic E-state index is 13.2. The van der Waals surface area contributed by atoms with E-state index in [4.69, 9.17) is 0 Å². The Kier molecular flexibility index (Phi) is 6.87. The minimum absolute atomic E-state index is 0.0111. The fourth-order valence-corrected chi connectivity index (χ4v) is 4.69. The number of sulfone groups is 1. The highest BCUT2D eigenvalue weighted by atomic mass is 32.2. The van der Waals surface area contributed by atoms with Gasteiger partial charge in [-0.2, -0.15) is 13.2 Å². The number of allylic oxidation sites excluding steroid dienone is 1. The van der Waals surface area contributed by atoms with Crippen molar-refractivity contribution >= 4 is 27.2 Å². The average molecular weight is 418 g/mol. The number of hydrogen-bond acceptors (Lipinski definition) is 4. The lowest BCUT2D eigenvalue weighted by molar-refractivity contribution is -0.126. The summed E-state index contributed by atoms with van der Waals surface area (Å²) in [5.41, 5.74) is -1.28. The normalized spacial score (nSPS) is 20.4. The maximum atomic E-state index is 13.2. The molecule has 2 unspecified atom stereocenters. The molecule has 0 bridgehead atoms. The molecule has 0 aliphatic carbocycles. The maximum Gasteiger partial charge on any atom is 0.417 e. The van der Waals surface area contributed by atoms with Crippen molar-refractivity contribution in [3.63, 3.8) is 0 Å². The number of carbonyl (C=O) groups excluding carboxylic acids is 2. The minimum Gasteiger partial charge on any atom is -0.354 e. The number of rotatable bonds is 6. The Morgan fingerprint density at radius 1 is 1.25 bits per heavy atom. The summed E-state index contributed by atoms with van der Waals surface area (Å²) < 4.78 is 62.5. The number of alkyl halides is 3. The first kappa shape index (κ1) is 21.9. The lowest BCUT2D eigenvalue weighted by Crippen LogP contribution is -2.45. The SMILES string of the molecule is CC(NC(=O)/C=C(/c1ccccc1)C(F)(F)F)C(=O)NCC1CCS(=O)(=O)C1. The molecule has 0 spiro atoms. The molecule has 10 heteroatoms. The van der Waals surface area contributed by atoms with Gasteiger partial charge in [-0.25, -0.2) is 8.42 Å². The Morgan fingerprint density at radius 2 is 1.89 bits per heavy atom. The summed E-state index contributed by atoms with van der Waals surface area (Å²) >= 11 is 0. The highest BCUT2D eigenvalue weighted by molar-refractivity contribution is 7.91. The van der Waals surface area contributed by atoms with Crippen molar-refractivity contribution < 1.29 is 31.2 Å². The van der Waals surface area contributed by atoms with E-state index in [1.807, 2.05) is 0 Å². The van der Waals surface area contributed by atoms with Gasteiger partial charge in [-0.3, -0.25) is 9.59 Å². The van der Waals surface area contributed by atoms with E-state index in [1.54, 1.807) is 6.07 Å². The fraction of sp³-hybridized carbons (Fsp3) is 0.444. The van der Waals surface area contributed by atoms with Crippen LogP contribution in [0.2, 0.25) is 0 Å². The van der Waals surface area contributed by atoms with E-state index < -0.39 is 39.4 Å². The third-order valence-corrected chi connectivity index (χ3v) is 6.15. The number of carbonyl (C=O) groups is 2. The van der Waals surface area contributed by atoms with Crippen LogP contribution in [0.4, 0.5) is 13.2 Å². The Labute approximate surface area is 161 Å². The summed E-state index contributed by atoms with van der Waals surface area (Å²) in [7, 11) is -3.07. The zero-order valence-corrected chi connectivity index (χ0v) is 15.9. The predicted octanol–water partition coefficient (Wildman–Crippen LogP) is 1.69. The molecular formula is C18H21F3N2O4S. The molecule has 28 heavy (non-hydrogen) atoms. The van der Waals surface area contributed by atoms with E-state index in [0.717, 1.165) is 0 Å². The van der Waals surface area contributed by atoms with Gasteiger partial charge < -0.3 is 10.6 Å². The summed E-state index contributed by atoms with van der Waals surface area (Å²) in [6.07, 6.45) is -3.88. The molecule has 1 aliphatic rings. The van der Waals surface area contributed by atoms with Crippen molar-refractivity contribution in [3.8, 4) is 0 Å². The summed E-state index contributed by atoms with van der Waals surface area (Å²) in [4.78, 5) is 24.0. The van der Waals surface area contributed by atoms with E-state index in [1.165, 1.54) is 31.2 Å². The molecule has 0 aromatic heterocycles.